The summed E-state index contributed by atoms with van der Waals surface area (Å²) in [5.74, 6) is -1.47. The highest BCUT2D eigenvalue weighted by Crippen LogP contribution is 2.15. The summed E-state index contributed by atoms with van der Waals surface area (Å²) in [6.07, 6.45) is 2.61. The normalized spacial score (nSPS) is 10.6. The molecule has 0 aliphatic rings. The van der Waals surface area contributed by atoms with Gasteiger partial charge in [0.1, 0.15) is 17.4 Å². The lowest BCUT2D eigenvalue weighted by Gasteiger charge is -2.09. The maximum absolute atomic E-state index is 11.9. The average molecular weight is 338 g/mol. The number of hydrogen-bond acceptors (Lipinski definition) is 6. The first kappa shape index (κ1) is 17.7. The third kappa shape index (κ3) is 4.91. The molecule has 0 atom stereocenters. The van der Waals surface area contributed by atoms with Crippen molar-refractivity contribution < 1.29 is 23.5 Å². The van der Waals surface area contributed by atoms with Gasteiger partial charge in [0.15, 0.2) is 12.4 Å². The maximum Gasteiger partial charge on any atom is 0.349 e. The van der Waals surface area contributed by atoms with E-state index in [0.717, 1.165) is 0 Å². The number of para-hydroxylation sites is 1. The highest BCUT2D eigenvalue weighted by atomic mass is 16.5. The number of rotatable bonds is 6. The molecule has 0 aliphatic heterocycles. The first-order chi connectivity index (χ1) is 12.0. The second kappa shape index (κ2) is 8.26. The van der Waals surface area contributed by atoms with Crippen LogP contribution in [0.2, 0.25) is 0 Å². The van der Waals surface area contributed by atoms with Gasteiger partial charge in [0.05, 0.1) is 12.0 Å². The van der Waals surface area contributed by atoms with E-state index in [2.05, 4.69) is 5.32 Å². The molecule has 0 saturated heterocycles. The van der Waals surface area contributed by atoms with Gasteiger partial charge in [0.2, 0.25) is 0 Å². The van der Waals surface area contributed by atoms with Crippen molar-refractivity contribution >= 4 is 29.4 Å². The van der Waals surface area contributed by atoms with Crippen LogP contribution in [0.3, 0.4) is 0 Å². The minimum absolute atomic E-state index is 0.207. The van der Waals surface area contributed by atoms with Gasteiger partial charge >= 0.3 is 5.97 Å². The molecule has 0 aliphatic carbocycles. The van der Waals surface area contributed by atoms with Crippen LogP contribution in [0.25, 0.3) is 6.08 Å². The number of amides is 1. The zero-order chi connectivity index (χ0) is 18.2. The first-order valence-electron chi connectivity index (χ1n) is 7.23. The summed E-state index contributed by atoms with van der Waals surface area (Å²) in [4.78, 5) is 35.2. The lowest BCUT2D eigenvalue weighted by molar-refractivity contribution is -0.142. The number of Topliss-reactive ketones (excluding diaryl/α,β-unsaturated/α-hetero) is 1. The second-order valence-corrected chi connectivity index (χ2v) is 4.91. The minimum atomic E-state index is -0.950. The SMILES string of the molecule is CC(=O)c1ccccc1NC(=O)COC(=O)/C(C#N)=C/c1ccco1. The molecule has 0 unspecified atom stereocenters. The molecule has 2 rings (SSSR count). The Labute approximate surface area is 143 Å². The van der Waals surface area contributed by atoms with Crippen LogP contribution in [-0.4, -0.2) is 24.3 Å². The van der Waals surface area contributed by atoms with Gasteiger partial charge in [-0.05, 0) is 31.2 Å². The van der Waals surface area contributed by atoms with Crippen LogP contribution in [-0.2, 0) is 14.3 Å². The van der Waals surface area contributed by atoms with Crippen LogP contribution in [0.5, 0.6) is 0 Å². The third-order valence-electron chi connectivity index (χ3n) is 3.08. The van der Waals surface area contributed by atoms with Gasteiger partial charge in [-0.15, -0.1) is 0 Å². The minimum Gasteiger partial charge on any atom is -0.465 e. The molecule has 1 N–H and O–H groups in total. The molecule has 0 spiro atoms. The van der Waals surface area contributed by atoms with Crippen LogP contribution in [0.15, 0.2) is 52.7 Å². The zero-order valence-corrected chi connectivity index (χ0v) is 13.3. The zero-order valence-electron chi connectivity index (χ0n) is 13.3. The summed E-state index contributed by atoms with van der Waals surface area (Å²) in [6, 6.07) is 11.3. The molecule has 0 saturated carbocycles. The van der Waals surface area contributed by atoms with E-state index in [1.165, 1.54) is 19.3 Å². The van der Waals surface area contributed by atoms with Gasteiger partial charge in [-0.2, -0.15) is 5.26 Å². The van der Waals surface area contributed by atoms with Crippen LogP contribution in [0.1, 0.15) is 23.0 Å². The second-order valence-electron chi connectivity index (χ2n) is 4.91. The Hall–Kier alpha value is -3.66. The van der Waals surface area contributed by atoms with E-state index in [-0.39, 0.29) is 11.4 Å². The molecule has 0 fully saturated rings. The first-order valence-corrected chi connectivity index (χ1v) is 7.23. The quantitative estimate of drug-likeness (QED) is 0.375. The lowest BCUT2D eigenvalue weighted by atomic mass is 10.1. The van der Waals surface area contributed by atoms with E-state index in [4.69, 9.17) is 14.4 Å². The van der Waals surface area contributed by atoms with E-state index in [9.17, 15) is 14.4 Å². The Morgan fingerprint density at radius 2 is 2.00 bits per heavy atom. The lowest BCUT2D eigenvalue weighted by Crippen LogP contribution is -2.22. The predicted octanol–water partition coefficient (Wildman–Crippen LogP) is 2.57. The fraction of sp³-hybridized carbons (Fsp3) is 0.111. The number of benzene rings is 1. The van der Waals surface area contributed by atoms with Gasteiger partial charge in [0.25, 0.3) is 5.91 Å². The Morgan fingerprint density at radius 1 is 1.24 bits per heavy atom. The summed E-state index contributed by atoms with van der Waals surface area (Å²) >= 11 is 0. The molecule has 7 nitrogen and oxygen atoms in total. The van der Waals surface area contributed by atoms with E-state index in [0.29, 0.717) is 17.0 Å². The molecule has 25 heavy (non-hydrogen) atoms. The summed E-state index contributed by atoms with van der Waals surface area (Å²) in [5, 5.41) is 11.5. The third-order valence-corrected chi connectivity index (χ3v) is 3.08. The van der Waals surface area contributed by atoms with Crippen molar-refractivity contribution in [1.82, 2.24) is 0 Å². The van der Waals surface area contributed by atoms with E-state index in [1.54, 1.807) is 42.5 Å². The number of ketones is 1. The molecule has 1 heterocycles. The Morgan fingerprint density at radius 3 is 2.64 bits per heavy atom. The Balaban J connectivity index is 1.97. The number of nitrogens with zero attached hydrogens (tertiary/aromatic N) is 1. The topological polar surface area (TPSA) is 109 Å². The number of ether oxygens (including phenoxy) is 1. The molecule has 2 aromatic rings. The Kier molecular flexibility index (Phi) is 5.85. The number of hydrogen-bond donors (Lipinski definition) is 1. The van der Waals surface area contributed by atoms with Crippen LogP contribution < -0.4 is 5.32 Å². The smallest absolute Gasteiger partial charge is 0.349 e. The summed E-state index contributed by atoms with van der Waals surface area (Å²) in [5.41, 5.74) is 0.368. The summed E-state index contributed by atoms with van der Waals surface area (Å²) in [7, 11) is 0. The predicted molar refractivity (Wildman–Crippen MR) is 88.3 cm³/mol. The van der Waals surface area contributed by atoms with Crippen molar-refractivity contribution in [2.24, 2.45) is 0 Å². The van der Waals surface area contributed by atoms with Crippen molar-refractivity contribution in [3.8, 4) is 6.07 Å². The number of esters is 1. The number of nitriles is 1. The van der Waals surface area contributed by atoms with Crippen molar-refractivity contribution in [1.29, 1.82) is 5.26 Å². The van der Waals surface area contributed by atoms with Gasteiger partial charge in [0, 0.05) is 11.6 Å². The molecule has 7 heteroatoms. The number of carbonyl (C=O) groups excluding carboxylic acids is 3. The van der Waals surface area contributed by atoms with Crippen LogP contribution in [0.4, 0.5) is 5.69 Å². The Bertz CT molecular complexity index is 860. The molecule has 0 bridgehead atoms. The van der Waals surface area contributed by atoms with E-state index >= 15 is 0 Å². The van der Waals surface area contributed by atoms with Gasteiger partial charge in [-0.1, -0.05) is 12.1 Å². The summed E-state index contributed by atoms with van der Waals surface area (Å²) < 4.78 is 9.82. The monoisotopic (exact) mass is 338 g/mol. The molecule has 1 aromatic heterocycles. The molecule has 0 radical (unpaired) electrons. The standard InChI is InChI=1S/C18H14N2O5/c1-12(21)15-6-2-3-7-16(15)20-17(22)11-25-18(23)13(10-19)9-14-5-4-8-24-14/h2-9H,11H2,1H3,(H,20,22)/b13-9+. The molecule has 1 amide bonds. The molecular weight excluding hydrogens is 324 g/mol. The summed E-state index contributed by atoms with van der Waals surface area (Å²) in [6.45, 7) is 0.784. The van der Waals surface area contributed by atoms with Gasteiger partial charge < -0.3 is 14.5 Å². The fourth-order valence-electron chi connectivity index (χ4n) is 1.95. The number of carbonyl (C=O) groups is 3. The fourth-order valence-corrected chi connectivity index (χ4v) is 1.95. The number of furan rings is 1. The van der Waals surface area contributed by atoms with Crippen molar-refractivity contribution in [3.05, 3.63) is 59.6 Å². The van der Waals surface area contributed by atoms with Crippen molar-refractivity contribution in [3.63, 3.8) is 0 Å². The molecule has 1 aromatic carbocycles. The number of nitrogens with one attached hydrogen (secondary N) is 1. The molecule has 126 valence electrons. The van der Waals surface area contributed by atoms with Crippen LogP contribution >= 0.6 is 0 Å². The highest BCUT2D eigenvalue weighted by Gasteiger charge is 2.15. The van der Waals surface area contributed by atoms with Crippen molar-refractivity contribution in [2.75, 3.05) is 11.9 Å². The van der Waals surface area contributed by atoms with E-state index < -0.39 is 18.5 Å². The number of anilines is 1. The largest absolute Gasteiger partial charge is 0.465 e. The van der Waals surface area contributed by atoms with Gasteiger partial charge in [-0.25, -0.2) is 4.79 Å². The van der Waals surface area contributed by atoms with Crippen LogP contribution in [0, 0.1) is 11.3 Å². The van der Waals surface area contributed by atoms with Gasteiger partial charge in [-0.3, -0.25) is 9.59 Å². The average Bonchev–Trinajstić information content (AvgIpc) is 3.11. The van der Waals surface area contributed by atoms with Crippen molar-refractivity contribution in [2.45, 2.75) is 6.92 Å². The maximum atomic E-state index is 11.9. The van der Waals surface area contributed by atoms with E-state index in [1.807, 2.05) is 0 Å². The highest BCUT2D eigenvalue weighted by molar-refractivity contribution is 6.04. The molecular formula is C18H14N2O5.